The SMILES string of the molecule is CC=C[C@H](C)[C@@H]1OC(O)C(C)(C)C(O)[C@@H]1C. The zero-order valence-corrected chi connectivity index (χ0v) is 10.8. The van der Waals surface area contributed by atoms with Crippen molar-refractivity contribution in [3.63, 3.8) is 0 Å². The lowest BCUT2D eigenvalue weighted by molar-refractivity contribution is -0.283. The fourth-order valence-corrected chi connectivity index (χ4v) is 2.47. The van der Waals surface area contributed by atoms with Gasteiger partial charge in [-0.2, -0.15) is 0 Å². The molecule has 94 valence electrons. The van der Waals surface area contributed by atoms with Crippen LogP contribution in [0.5, 0.6) is 0 Å². The molecule has 5 atom stereocenters. The summed E-state index contributed by atoms with van der Waals surface area (Å²) in [6.07, 6.45) is 2.43. The van der Waals surface area contributed by atoms with E-state index >= 15 is 0 Å². The number of hydrogen-bond acceptors (Lipinski definition) is 3. The predicted molar refractivity (Wildman–Crippen MR) is 63.8 cm³/mol. The smallest absolute Gasteiger partial charge is 0.162 e. The van der Waals surface area contributed by atoms with Crippen molar-refractivity contribution >= 4 is 0 Å². The first-order valence-corrected chi connectivity index (χ1v) is 5.96. The van der Waals surface area contributed by atoms with Gasteiger partial charge in [-0.1, -0.05) is 39.8 Å². The van der Waals surface area contributed by atoms with Gasteiger partial charge in [0, 0.05) is 17.3 Å². The first-order chi connectivity index (χ1) is 7.32. The average molecular weight is 228 g/mol. The molecule has 0 aromatic carbocycles. The fraction of sp³-hybridized carbons (Fsp3) is 0.846. The van der Waals surface area contributed by atoms with Gasteiger partial charge in [-0.25, -0.2) is 0 Å². The third-order valence-corrected chi connectivity index (χ3v) is 3.72. The number of hydrogen-bond donors (Lipinski definition) is 2. The Morgan fingerprint density at radius 1 is 1.31 bits per heavy atom. The Hall–Kier alpha value is -0.380. The van der Waals surface area contributed by atoms with Crippen LogP contribution in [-0.4, -0.2) is 28.7 Å². The third kappa shape index (κ3) is 2.31. The molecular formula is C13H24O3. The first kappa shape index (κ1) is 13.7. The molecule has 3 heteroatoms. The van der Waals surface area contributed by atoms with Crippen molar-refractivity contribution in [3.05, 3.63) is 12.2 Å². The van der Waals surface area contributed by atoms with Crippen LogP contribution >= 0.6 is 0 Å². The zero-order valence-electron chi connectivity index (χ0n) is 10.8. The molecule has 0 amide bonds. The molecule has 0 spiro atoms. The lowest BCUT2D eigenvalue weighted by Crippen LogP contribution is -2.56. The van der Waals surface area contributed by atoms with Gasteiger partial charge in [-0.15, -0.1) is 0 Å². The lowest BCUT2D eigenvalue weighted by Gasteiger charge is -2.48. The summed E-state index contributed by atoms with van der Waals surface area (Å²) in [4.78, 5) is 0. The van der Waals surface area contributed by atoms with Gasteiger partial charge < -0.3 is 14.9 Å². The molecule has 1 rings (SSSR count). The van der Waals surface area contributed by atoms with Gasteiger partial charge in [0.15, 0.2) is 6.29 Å². The second-order valence-electron chi connectivity index (χ2n) is 5.46. The van der Waals surface area contributed by atoms with Crippen LogP contribution in [0.15, 0.2) is 12.2 Å². The molecule has 16 heavy (non-hydrogen) atoms. The average Bonchev–Trinajstić information content (AvgIpc) is 2.21. The zero-order chi connectivity index (χ0) is 12.5. The van der Waals surface area contributed by atoms with E-state index in [2.05, 4.69) is 0 Å². The second kappa shape index (κ2) is 4.86. The second-order valence-corrected chi connectivity index (χ2v) is 5.46. The van der Waals surface area contributed by atoms with Crippen molar-refractivity contribution in [1.29, 1.82) is 0 Å². The Bertz CT molecular complexity index is 260. The van der Waals surface area contributed by atoms with Crippen molar-refractivity contribution in [2.75, 3.05) is 0 Å². The molecule has 1 heterocycles. The highest BCUT2D eigenvalue weighted by Gasteiger charge is 2.48. The van der Waals surface area contributed by atoms with E-state index in [0.29, 0.717) is 0 Å². The van der Waals surface area contributed by atoms with Crippen LogP contribution < -0.4 is 0 Å². The van der Waals surface area contributed by atoms with Gasteiger partial charge in [-0.05, 0) is 6.92 Å². The van der Waals surface area contributed by atoms with Crippen LogP contribution in [0.1, 0.15) is 34.6 Å². The molecule has 1 aliphatic rings. The Labute approximate surface area is 98.1 Å². The molecule has 0 aliphatic carbocycles. The van der Waals surface area contributed by atoms with Crippen molar-refractivity contribution < 1.29 is 14.9 Å². The van der Waals surface area contributed by atoms with Crippen molar-refractivity contribution in [1.82, 2.24) is 0 Å². The van der Waals surface area contributed by atoms with Crippen LogP contribution in [0.4, 0.5) is 0 Å². The number of aliphatic hydroxyl groups is 2. The van der Waals surface area contributed by atoms with Crippen LogP contribution in [0.25, 0.3) is 0 Å². The third-order valence-electron chi connectivity index (χ3n) is 3.72. The summed E-state index contributed by atoms with van der Waals surface area (Å²) in [5, 5.41) is 20.1. The maximum absolute atomic E-state index is 10.2. The van der Waals surface area contributed by atoms with Gasteiger partial charge in [0.05, 0.1) is 12.2 Å². The topological polar surface area (TPSA) is 49.7 Å². The maximum atomic E-state index is 10.2. The molecule has 2 N–H and O–H groups in total. The molecule has 2 unspecified atom stereocenters. The maximum Gasteiger partial charge on any atom is 0.162 e. The fourth-order valence-electron chi connectivity index (χ4n) is 2.47. The predicted octanol–water partition coefficient (Wildman–Crippen LogP) is 1.94. The van der Waals surface area contributed by atoms with Crippen LogP contribution in [0, 0.1) is 17.3 Å². The van der Waals surface area contributed by atoms with Gasteiger partial charge in [0.25, 0.3) is 0 Å². The Morgan fingerprint density at radius 3 is 2.38 bits per heavy atom. The normalized spacial score (nSPS) is 41.2. The van der Waals surface area contributed by atoms with Gasteiger partial charge in [-0.3, -0.25) is 0 Å². The Balaban J connectivity index is 2.85. The molecular weight excluding hydrogens is 204 g/mol. The minimum absolute atomic E-state index is 0.0181. The van der Waals surface area contributed by atoms with Gasteiger partial charge >= 0.3 is 0 Å². The summed E-state index contributed by atoms with van der Waals surface area (Å²) >= 11 is 0. The van der Waals surface area contributed by atoms with Crippen molar-refractivity contribution in [2.24, 2.45) is 17.3 Å². The van der Waals surface area contributed by atoms with E-state index in [4.69, 9.17) is 4.74 Å². The summed E-state index contributed by atoms with van der Waals surface area (Å²) in [7, 11) is 0. The highest BCUT2D eigenvalue weighted by molar-refractivity contribution is 4.98. The number of rotatable bonds is 2. The van der Waals surface area contributed by atoms with Gasteiger partial charge in [0.2, 0.25) is 0 Å². The summed E-state index contributed by atoms with van der Waals surface area (Å²) < 4.78 is 5.64. The van der Waals surface area contributed by atoms with E-state index in [-0.39, 0.29) is 17.9 Å². The van der Waals surface area contributed by atoms with E-state index in [9.17, 15) is 10.2 Å². The number of aliphatic hydroxyl groups excluding tert-OH is 2. The van der Waals surface area contributed by atoms with Crippen molar-refractivity contribution in [2.45, 2.75) is 53.1 Å². The molecule has 3 nitrogen and oxygen atoms in total. The molecule has 1 saturated heterocycles. The molecule has 0 bridgehead atoms. The largest absolute Gasteiger partial charge is 0.392 e. The van der Waals surface area contributed by atoms with Crippen LogP contribution in [0.2, 0.25) is 0 Å². The first-order valence-electron chi connectivity index (χ1n) is 5.96. The Morgan fingerprint density at radius 2 is 1.88 bits per heavy atom. The summed E-state index contributed by atoms with van der Waals surface area (Å²) in [5.41, 5.74) is -0.606. The highest BCUT2D eigenvalue weighted by atomic mass is 16.6. The van der Waals surface area contributed by atoms with E-state index in [1.165, 1.54) is 0 Å². The van der Waals surface area contributed by atoms with Crippen molar-refractivity contribution in [3.8, 4) is 0 Å². The lowest BCUT2D eigenvalue weighted by atomic mass is 9.73. The molecule has 0 radical (unpaired) electrons. The Kier molecular flexibility index (Phi) is 4.16. The van der Waals surface area contributed by atoms with Crippen LogP contribution in [0.3, 0.4) is 0 Å². The number of allylic oxidation sites excluding steroid dienone is 1. The molecule has 0 aromatic heterocycles. The quantitative estimate of drug-likeness (QED) is 0.710. The summed E-state index contributed by atoms with van der Waals surface area (Å²) in [5.74, 6) is 0.213. The van der Waals surface area contributed by atoms with E-state index < -0.39 is 17.8 Å². The molecule has 0 saturated carbocycles. The monoisotopic (exact) mass is 228 g/mol. The van der Waals surface area contributed by atoms with E-state index in [0.717, 1.165) is 0 Å². The van der Waals surface area contributed by atoms with Crippen LogP contribution in [-0.2, 0) is 4.74 Å². The molecule has 0 aromatic rings. The molecule has 1 aliphatic heterocycles. The summed E-state index contributed by atoms with van der Waals surface area (Å²) in [6.45, 7) is 9.63. The standard InChI is InChI=1S/C13H24O3/c1-6-7-8(2)10-9(3)11(14)13(4,5)12(15)16-10/h6-12,14-15H,1-5H3/t8-,9+,10-,11?,12?/m0/s1. The minimum atomic E-state index is -0.906. The minimum Gasteiger partial charge on any atom is -0.392 e. The molecule has 1 fully saturated rings. The van der Waals surface area contributed by atoms with Gasteiger partial charge in [0.1, 0.15) is 0 Å². The van der Waals surface area contributed by atoms with E-state index in [1.807, 2.05) is 46.8 Å². The summed E-state index contributed by atoms with van der Waals surface area (Å²) in [6, 6.07) is 0. The van der Waals surface area contributed by atoms with E-state index in [1.54, 1.807) is 0 Å². The number of ether oxygens (including phenoxy) is 1. The highest BCUT2D eigenvalue weighted by Crippen LogP contribution is 2.40.